The number of thiazole rings is 1. The summed E-state index contributed by atoms with van der Waals surface area (Å²) in [4.78, 5) is 27.5. The van der Waals surface area contributed by atoms with Gasteiger partial charge < -0.3 is 15.7 Å². The van der Waals surface area contributed by atoms with E-state index >= 15 is 0 Å². The molecule has 1 heterocycles. The van der Waals surface area contributed by atoms with Gasteiger partial charge in [-0.1, -0.05) is 24.3 Å². The fraction of sp³-hybridized carbons (Fsp3) is 0.286. The summed E-state index contributed by atoms with van der Waals surface area (Å²) in [5, 5.41) is 15.4. The quantitative estimate of drug-likeness (QED) is 0.541. The Morgan fingerprint density at radius 3 is 2.50 bits per heavy atom. The van der Waals surface area contributed by atoms with Crippen molar-refractivity contribution < 1.29 is 14.7 Å². The lowest BCUT2D eigenvalue weighted by Gasteiger charge is -2.25. The lowest BCUT2D eigenvalue weighted by atomic mass is 9.99. The number of para-hydroxylation sites is 1. The average Bonchev–Trinajstić information content (AvgIpc) is 3.03. The Balaban J connectivity index is 1.56. The summed E-state index contributed by atoms with van der Waals surface area (Å²) in [6.45, 7) is 3.60. The second-order valence-corrected chi connectivity index (χ2v) is 8.42. The van der Waals surface area contributed by atoms with Crippen molar-refractivity contribution in [3.63, 3.8) is 0 Å². The average molecular weight is 398 g/mol. The monoisotopic (exact) mass is 397 g/mol. The number of hydrogen-bond acceptors (Lipinski definition) is 4. The van der Waals surface area contributed by atoms with E-state index in [1.807, 2.05) is 42.5 Å². The summed E-state index contributed by atoms with van der Waals surface area (Å²) in [5.41, 5.74) is 2.21. The van der Waals surface area contributed by atoms with Crippen LogP contribution in [0.25, 0.3) is 10.2 Å². The summed E-state index contributed by atoms with van der Waals surface area (Å²) >= 11 is 1.69. The largest absolute Gasteiger partial charge is 0.481 e. The zero-order chi connectivity index (χ0) is 20.1. The van der Waals surface area contributed by atoms with Gasteiger partial charge in [0.05, 0.1) is 15.2 Å². The van der Waals surface area contributed by atoms with E-state index in [9.17, 15) is 9.59 Å². The first-order valence-electron chi connectivity index (χ1n) is 9.05. The third kappa shape index (κ3) is 5.53. The number of nitrogens with one attached hydrogen (secondary N) is 2. The molecule has 2 amide bonds. The van der Waals surface area contributed by atoms with Crippen LogP contribution in [0.3, 0.4) is 0 Å². The lowest BCUT2D eigenvalue weighted by molar-refractivity contribution is -0.137. The predicted molar refractivity (Wildman–Crippen MR) is 112 cm³/mol. The van der Waals surface area contributed by atoms with E-state index in [0.29, 0.717) is 12.1 Å². The normalized spacial score (nSPS) is 11.4. The van der Waals surface area contributed by atoms with Gasteiger partial charge in [-0.25, -0.2) is 9.78 Å². The summed E-state index contributed by atoms with van der Waals surface area (Å²) in [6.07, 6.45) is 1.11. The molecule has 0 aliphatic heterocycles. The number of rotatable bonds is 7. The molecule has 2 aromatic carbocycles. The minimum Gasteiger partial charge on any atom is -0.481 e. The summed E-state index contributed by atoms with van der Waals surface area (Å²) in [7, 11) is 0. The number of aromatic nitrogens is 1. The van der Waals surface area contributed by atoms with Crippen molar-refractivity contribution in [2.24, 2.45) is 0 Å². The van der Waals surface area contributed by atoms with Gasteiger partial charge in [0.15, 0.2) is 0 Å². The highest BCUT2D eigenvalue weighted by Crippen LogP contribution is 2.24. The smallest absolute Gasteiger partial charge is 0.319 e. The van der Waals surface area contributed by atoms with Gasteiger partial charge in [0.25, 0.3) is 0 Å². The second kappa shape index (κ2) is 8.39. The molecule has 7 heteroatoms. The number of carbonyl (C=O) groups is 2. The maximum absolute atomic E-state index is 12.2. The van der Waals surface area contributed by atoms with E-state index in [0.717, 1.165) is 22.5 Å². The third-order valence-corrected chi connectivity index (χ3v) is 5.36. The molecular formula is C21H23N3O3S. The highest BCUT2D eigenvalue weighted by Gasteiger charge is 2.21. The van der Waals surface area contributed by atoms with Gasteiger partial charge in [-0.2, -0.15) is 0 Å². The minimum atomic E-state index is -0.876. The molecule has 0 aliphatic carbocycles. The number of amides is 2. The molecule has 28 heavy (non-hydrogen) atoms. The molecule has 0 aliphatic rings. The first-order valence-corrected chi connectivity index (χ1v) is 9.87. The molecule has 0 bridgehead atoms. The van der Waals surface area contributed by atoms with Crippen LogP contribution in [0.2, 0.25) is 0 Å². The number of anilines is 1. The van der Waals surface area contributed by atoms with Crippen LogP contribution < -0.4 is 10.6 Å². The number of urea groups is 1. The molecule has 3 N–H and O–H groups in total. The van der Waals surface area contributed by atoms with Crippen LogP contribution in [-0.2, 0) is 11.2 Å². The Bertz CT molecular complexity index is 947. The molecule has 3 aromatic rings. The van der Waals surface area contributed by atoms with Crippen LogP contribution in [0.15, 0.2) is 48.5 Å². The van der Waals surface area contributed by atoms with Gasteiger partial charge >= 0.3 is 12.0 Å². The molecular weight excluding hydrogens is 374 g/mol. The van der Waals surface area contributed by atoms with E-state index in [1.54, 1.807) is 25.2 Å². The van der Waals surface area contributed by atoms with Gasteiger partial charge in [0.2, 0.25) is 0 Å². The van der Waals surface area contributed by atoms with Crippen LogP contribution in [0, 0.1) is 0 Å². The van der Waals surface area contributed by atoms with Crippen molar-refractivity contribution in [1.82, 2.24) is 10.3 Å². The van der Waals surface area contributed by atoms with E-state index in [1.165, 1.54) is 4.70 Å². The van der Waals surface area contributed by atoms with Crippen molar-refractivity contribution in [3.8, 4) is 0 Å². The molecule has 6 nitrogen and oxygen atoms in total. The Morgan fingerprint density at radius 1 is 1.11 bits per heavy atom. The Kier molecular flexibility index (Phi) is 5.94. The Morgan fingerprint density at radius 2 is 1.82 bits per heavy atom. The predicted octanol–water partition coefficient (Wildman–Crippen LogP) is 4.65. The van der Waals surface area contributed by atoms with Gasteiger partial charge in [-0.3, -0.25) is 4.79 Å². The van der Waals surface area contributed by atoms with Crippen molar-refractivity contribution in [1.29, 1.82) is 0 Å². The summed E-state index contributed by atoms with van der Waals surface area (Å²) in [5.74, 6) is -0.876. The second-order valence-electron chi connectivity index (χ2n) is 7.31. The number of carboxylic acids is 1. The Hall–Kier alpha value is -2.93. The molecule has 0 spiro atoms. The number of nitrogens with zero attached hydrogens (tertiary/aromatic N) is 1. The van der Waals surface area contributed by atoms with E-state index < -0.39 is 11.5 Å². The number of aliphatic carboxylic acids is 1. The number of carboxylic acid groups (broad SMARTS) is 1. The van der Waals surface area contributed by atoms with Gasteiger partial charge in [-0.05, 0) is 50.1 Å². The van der Waals surface area contributed by atoms with E-state index in [2.05, 4.69) is 21.7 Å². The first kappa shape index (κ1) is 19.8. The van der Waals surface area contributed by atoms with E-state index in [-0.39, 0.29) is 12.5 Å². The zero-order valence-corrected chi connectivity index (χ0v) is 16.7. The van der Waals surface area contributed by atoms with Gasteiger partial charge in [0, 0.05) is 24.1 Å². The van der Waals surface area contributed by atoms with Gasteiger partial charge in [-0.15, -0.1) is 11.3 Å². The molecule has 0 radical (unpaired) electrons. The summed E-state index contributed by atoms with van der Waals surface area (Å²) < 4.78 is 1.18. The zero-order valence-electron chi connectivity index (χ0n) is 15.9. The molecule has 146 valence electrons. The standard InChI is InChI=1S/C21H23N3O3S/c1-21(2,12-11-19(25)26)24-20(27)22-15-9-7-14(8-10-15)13-18-23-16-5-3-4-6-17(16)28-18/h3-10H,11-13H2,1-2H3,(H,25,26)(H2,22,24,27). The first-order chi connectivity index (χ1) is 13.3. The number of hydrogen-bond donors (Lipinski definition) is 3. The number of benzene rings is 2. The maximum Gasteiger partial charge on any atom is 0.319 e. The van der Waals surface area contributed by atoms with Crippen molar-refractivity contribution >= 4 is 39.2 Å². The number of carbonyl (C=O) groups excluding carboxylic acids is 1. The SMILES string of the molecule is CC(C)(CCC(=O)O)NC(=O)Nc1ccc(Cc2nc3ccccc3s2)cc1. The molecule has 0 saturated carbocycles. The molecule has 0 atom stereocenters. The lowest BCUT2D eigenvalue weighted by Crippen LogP contribution is -2.45. The van der Waals surface area contributed by atoms with Crippen LogP contribution in [0.5, 0.6) is 0 Å². The van der Waals surface area contributed by atoms with E-state index in [4.69, 9.17) is 5.11 Å². The van der Waals surface area contributed by atoms with Crippen LogP contribution in [0.1, 0.15) is 37.3 Å². The highest BCUT2D eigenvalue weighted by molar-refractivity contribution is 7.18. The number of fused-ring (bicyclic) bond motifs is 1. The van der Waals surface area contributed by atoms with Crippen molar-refractivity contribution in [2.45, 2.75) is 38.6 Å². The maximum atomic E-state index is 12.2. The van der Waals surface area contributed by atoms with Crippen LogP contribution in [0.4, 0.5) is 10.5 Å². The molecule has 0 saturated heterocycles. The van der Waals surface area contributed by atoms with Crippen molar-refractivity contribution in [2.75, 3.05) is 5.32 Å². The van der Waals surface area contributed by atoms with Crippen LogP contribution in [-0.4, -0.2) is 27.6 Å². The van der Waals surface area contributed by atoms with Crippen molar-refractivity contribution in [3.05, 3.63) is 59.1 Å². The van der Waals surface area contributed by atoms with Gasteiger partial charge in [0.1, 0.15) is 0 Å². The highest BCUT2D eigenvalue weighted by atomic mass is 32.1. The topological polar surface area (TPSA) is 91.3 Å². The fourth-order valence-corrected chi connectivity index (χ4v) is 3.83. The molecule has 3 rings (SSSR count). The summed E-state index contributed by atoms with van der Waals surface area (Å²) in [6, 6.07) is 15.4. The van der Waals surface area contributed by atoms with Crippen LogP contribution >= 0.6 is 11.3 Å². The third-order valence-electron chi connectivity index (χ3n) is 4.32. The molecule has 1 aromatic heterocycles. The molecule has 0 unspecified atom stereocenters. The molecule has 0 fully saturated rings. The minimum absolute atomic E-state index is 0.00768. The fourth-order valence-electron chi connectivity index (χ4n) is 2.83. The Labute approximate surface area is 167 Å².